The number of halogens is 3. The van der Waals surface area contributed by atoms with Crippen molar-refractivity contribution < 1.29 is 22.7 Å². The summed E-state index contributed by atoms with van der Waals surface area (Å²) in [4.78, 5) is 10.9. The van der Waals surface area contributed by atoms with Gasteiger partial charge in [0.1, 0.15) is 6.54 Å². The van der Waals surface area contributed by atoms with Crippen LogP contribution >= 0.6 is 0 Å². The van der Waals surface area contributed by atoms with E-state index in [1.165, 1.54) is 0 Å². The van der Waals surface area contributed by atoms with Gasteiger partial charge in [-0.3, -0.25) is 0 Å². The fourth-order valence-electron chi connectivity index (χ4n) is 1.21. The normalized spacial score (nSPS) is 21.6. The van der Waals surface area contributed by atoms with Gasteiger partial charge in [-0.05, 0) is 0 Å². The number of morpholine rings is 1. The smallest absolute Gasteiger partial charge is 0.378 e. The van der Waals surface area contributed by atoms with E-state index < -0.39 is 18.8 Å². The van der Waals surface area contributed by atoms with Gasteiger partial charge in [-0.2, -0.15) is 13.2 Å². The van der Waals surface area contributed by atoms with Crippen molar-refractivity contribution in [1.29, 1.82) is 0 Å². The van der Waals surface area contributed by atoms with Crippen molar-refractivity contribution >= 4 is 6.03 Å². The highest BCUT2D eigenvalue weighted by Gasteiger charge is 2.27. The maximum Gasteiger partial charge on any atom is 0.405 e. The Balaban J connectivity index is 2.09. The van der Waals surface area contributed by atoms with Crippen molar-refractivity contribution in [1.82, 2.24) is 16.0 Å². The van der Waals surface area contributed by atoms with Gasteiger partial charge in [-0.15, -0.1) is 0 Å². The highest BCUT2D eigenvalue weighted by atomic mass is 19.4. The minimum atomic E-state index is -4.39. The molecule has 1 atom stereocenters. The van der Waals surface area contributed by atoms with Gasteiger partial charge in [0.05, 0.1) is 13.2 Å². The molecule has 0 spiro atoms. The number of carbonyl (C=O) groups is 1. The Labute approximate surface area is 90.7 Å². The number of alkyl halides is 3. The molecule has 0 aliphatic carbocycles. The molecular formula is C8H14F3N3O2. The summed E-state index contributed by atoms with van der Waals surface area (Å²) in [5, 5.41) is 7.11. The molecule has 1 aliphatic rings. The third-order valence-corrected chi connectivity index (χ3v) is 1.96. The summed E-state index contributed by atoms with van der Waals surface area (Å²) in [6, 6.07) is -0.880. The molecule has 1 heterocycles. The zero-order chi connectivity index (χ0) is 12.0. The van der Waals surface area contributed by atoms with Crippen LogP contribution in [-0.4, -0.2) is 51.1 Å². The number of nitrogens with one attached hydrogen (secondary N) is 3. The van der Waals surface area contributed by atoms with Crippen molar-refractivity contribution in [3.63, 3.8) is 0 Å². The largest absolute Gasteiger partial charge is 0.405 e. The molecule has 2 amide bonds. The molecule has 1 fully saturated rings. The van der Waals surface area contributed by atoms with E-state index in [-0.39, 0.29) is 12.6 Å². The van der Waals surface area contributed by atoms with Gasteiger partial charge in [-0.1, -0.05) is 0 Å². The first kappa shape index (κ1) is 13.0. The average molecular weight is 241 g/mol. The molecule has 16 heavy (non-hydrogen) atoms. The summed E-state index contributed by atoms with van der Waals surface area (Å²) in [6.07, 6.45) is -4.39. The molecule has 0 aromatic heterocycles. The van der Waals surface area contributed by atoms with Crippen molar-refractivity contribution in [3.8, 4) is 0 Å². The van der Waals surface area contributed by atoms with Crippen LogP contribution in [0.4, 0.5) is 18.0 Å². The van der Waals surface area contributed by atoms with Crippen molar-refractivity contribution in [3.05, 3.63) is 0 Å². The summed E-state index contributed by atoms with van der Waals surface area (Å²) in [5.74, 6) is 0. The molecular weight excluding hydrogens is 227 g/mol. The minimum Gasteiger partial charge on any atom is -0.378 e. The summed E-state index contributed by atoms with van der Waals surface area (Å²) < 4.78 is 40.3. The predicted molar refractivity (Wildman–Crippen MR) is 50.1 cm³/mol. The van der Waals surface area contributed by atoms with Crippen LogP contribution in [0, 0.1) is 0 Å². The highest BCUT2D eigenvalue weighted by molar-refractivity contribution is 5.73. The van der Waals surface area contributed by atoms with Crippen molar-refractivity contribution in [2.45, 2.75) is 12.2 Å². The zero-order valence-corrected chi connectivity index (χ0v) is 8.56. The number of urea groups is 1. The van der Waals surface area contributed by atoms with Gasteiger partial charge in [0.2, 0.25) is 0 Å². The van der Waals surface area contributed by atoms with Crippen LogP contribution in [0.5, 0.6) is 0 Å². The number of amides is 2. The van der Waals surface area contributed by atoms with E-state index in [1.54, 1.807) is 5.32 Å². The van der Waals surface area contributed by atoms with Crippen LogP contribution in [0.25, 0.3) is 0 Å². The fourth-order valence-corrected chi connectivity index (χ4v) is 1.21. The molecule has 3 N–H and O–H groups in total. The molecule has 0 aromatic rings. The zero-order valence-electron chi connectivity index (χ0n) is 8.56. The molecule has 0 bridgehead atoms. The number of hydrogen-bond donors (Lipinski definition) is 3. The first-order chi connectivity index (χ1) is 7.47. The Morgan fingerprint density at radius 2 is 2.19 bits per heavy atom. The molecule has 1 saturated heterocycles. The van der Waals surface area contributed by atoms with E-state index >= 15 is 0 Å². The SMILES string of the molecule is O=C(NCC1COCCN1)NCC(F)(F)F. The van der Waals surface area contributed by atoms with E-state index in [4.69, 9.17) is 4.74 Å². The summed E-state index contributed by atoms with van der Waals surface area (Å²) in [5.41, 5.74) is 0. The van der Waals surface area contributed by atoms with E-state index in [2.05, 4.69) is 10.6 Å². The Kier molecular flexibility index (Phi) is 4.81. The second-order valence-corrected chi connectivity index (χ2v) is 3.40. The van der Waals surface area contributed by atoms with E-state index in [1.807, 2.05) is 0 Å². The molecule has 8 heteroatoms. The lowest BCUT2D eigenvalue weighted by atomic mass is 10.3. The van der Waals surface area contributed by atoms with Gasteiger partial charge in [-0.25, -0.2) is 4.79 Å². The lowest BCUT2D eigenvalue weighted by Crippen LogP contribution is -2.50. The van der Waals surface area contributed by atoms with Gasteiger partial charge in [0.15, 0.2) is 0 Å². The number of ether oxygens (including phenoxy) is 1. The van der Waals surface area contributed by atoms with E-state index in [0.29, 0.717) is 19.8 Å². The van der Waals surface area contributed by atoms with E-state index in [0.717, 1.165) is 0 Å². The van der Waals surface area contributed by atoms with Crippen molar-refractivity contribution in [2.24, 2.45) is 0 Å². The monoisotopic (exact) mass is 241 g/mol. The summed E-state index contributed by atoms with van der Waals surface area (Å²) in [7, 11) is 0. The van der Waals surface area contributed by atoms with Gasteiger partial charge in [0, 0.05) is 19.1 Å². The minimum absolute atomic E-state index is 0.0506. The maximum absolute atomic E-state index is 11.7. The lowest BCUT2D eigenvalue weighted by Gasteiger charge is -2.24. The molecule has 5 nitrogen and oxygen atoms in total. The van der Waals surface area contributed by atoms with Gasteiger partial charge in [0.25, 0.3) is 0 Å². The van der Waals surface area contributed by atoms with Gasteiger partial charge < -0.3 is 20.7 Å². The Hall–Kier alpha value is -1.02. The van der Waals surface area contributed by atoms with Crippen LogP contribution in [0.15, 0.2) is 0 Å². The maximum atomic E-state index is 11.7. The predicted octanol–water partition coefficient (Wildman–Crippen LogP) is -0.164. The van der Waals surface area contributed by atoms with Gasteiger partial charge >= 0.3 is 12.2 Å². The number of carbonyl (C=O) groups excluding carboxylic acids is 1. The standard InChI is InChI=1S/C8H14F3N3O2/c9-8(10,11)5-14-7(15)13-3-6-4-16-2-1-12-6/h6,12H,1-5H2,(H2,13,14,15). The summed E-state index contributed by atoms with van der Waals surface area (Å²) >= 11 is 0. The lowest BCUT2D eigenvalue weighted by molar-refractivity contribution is -0.122. The van der Waals surface area contributed by atoms with Crippen molar-refractivity contribution in [2.75, 3.05) is 32.8 Å². The quantitative estimate of drug-likeness (QED) is 0.643. The van der Waals surface area contributed by atoms with E-state index in [9.17, 15) is 18.0 Å². The van der Waals surface area contributed by atoms with Crippen LogP contribution < -0.4 is 16.0 Å². The molecule has 0 saturated carbocycles. The molecule has 1 rings (SSSR count). The molecule has 1 unspecified atom stereocenters. The Morgan fingerprint density at radius 1 is 1.44 bits per heavy atom. The summed E-state index contributed by atoms with van der Waals surface area (Å²) in [6.45, 7) is 0.643. The van der Waals surface area contributed by atoms with Crippen LogP contribution in [0.3, 0.4) is 0 Å². The van der Waals surface area contributed by atoms with Crippen LogP contribution in [-0.2, 0) is 4.74 Å². The average Bonchev–Trinajstić information content (AvgIpc) is 2.24. The van der Waals surface area contributed by atoms with Crippen LogP contribution in [0.1, 0.15) is 0 Å². The molecule has 0 radical (unpaired) electrons. The first-order valence-electron chi connectivity index (χ1n) is 4.87. The molecule has 0 aromatic carbocycles. The second kappa shape index (κ2) is 5.90. The van der Waals surface area contributed by atoms with Crippen LogP contribution in [0.2, 0.25) is 0 Å². The highest BCUT2D eigenvalue weighted by Crippen LogP contribution is 2.11. The Bertz CT molecular complexity index is 229. The molecule has 94 valence electrons. The second-order valence-electron chi connectivity index (χ2n) is 3.40. The first-order valence-corrected chi connectivity index (χ1v) is 4.87. The molecule has 1 aliphatic heterocycles. The fraction of sp³-hybridized carbons (Fsp3) is 0.875. The number of hydrogen-bond acceptors (Lipinski definition) is 3. The Morgan fingerprint density at radius 3 is 2.75 bits per heavy atom. The third kappa shape index (κ3) is 5.76. The third-order valence-electron chi connectivity index (χ3n) is 1.96. The topological polar surface area (TPSA) is 62.4 Å². The number of rotatable bonds is 3.